The van der Waals surface area contributed by atoms with E-state index in [2.05, 4.69) is 120 Å². The quantitative estimate of drug-likeness (QED) is 0.205. The minimum absolute atomic E-state index is 0.658. The van der Waals surface area contributed by atoms with Crippen molar-refractivity contribution < 1.29 is 4.42 Å². The largest absolute Gasteiger partial charge is 0.456 e. The van der Waals surface area contributed by atoms with Crippen LogP contribution in [0.15, 0.2) is 144 Å². The SMILES string of the molecule is c1ccc(-c2cc(-c3ccccc3)nc(-n3c4ccccc4c4cc5c(cc43)sc3cc4oc6ccccc6c4cc35)n2)cc1. The van der Waals surface area contributed by atoms with E-state index in [1.54, 1.807) is 11.3 Å². The van der Waals surface area contributed by atoms with E-state index >= 15 is 0 Å². The third kappa shape index (κ3) is 3.71. The van der Waals surface area contributed by atoms with Crippen LogP contribution in [0.1, 0.15) is 0 Å². The average molecular weight is 594 g/mol. The van der Waals surface area contributed by atoms with E-state index in [0.29, 0.717) is 5.95 Å². The molecule has 0 radical (unpaired) electrons. The van der Waals surface area contributed by atoms with Gasteiger partial charge in [0, 0.05) is 52.8 Å². The van der Waals surface area contributed by atoms with Crippen molar-refractivity contribution in [2.24, 2.45) is 0 Å². The normalized spacial score (nSPS) is 12.0. The van der Waals surface area contributed by atoms with Crippen LogP contribution < -0.4 is 0 Å². The molecule has 0 aliphatic carbocycles. The molecule has 0 saturated heterocycles. The van der Waals surface area contributed by atoms with Crippen LogP contribution in [0.3, 0.4) is 0 Å². The Morgan fingerprint density at radius 2 is 1.04 bits per heavy atom. The number of furan rings is 1. The van der Waals surface area contributed by atoms with E-state index in [0.717, 1.165) is 55.5 Å². The second kappa shape index (κ2) is 9.36. The number of aromatic nitrogens is 3. The lowest BCUT2D eigenvalue weighted by Gasteiger charge is -2.11. The highest BCUT2D eigenvalue weighted by Gasteiger charge is 2.19. The highest BCUT2D eigenvalue weighted by atomic mass is 32.1. The van der Waals surface area contributed by atoms with Gasteiger partial charge in [-0.1, -0.05) is 97.1 Å². The number of rotatable bonds is 3. The summed E-state index contributed by atoms with van der Waals surface area (Å²) >= 11 is 1.80. The lowest BCUT2D eigenvalue weighted by Crippen LogP contribution is -2.03. The molecule has 0 N–H and O–H groups in total. The molecule has 4 nitrogen and oxygen atoms in total. The van der Waals surface area contributed by atoms with Gasteiger partial charge in [-0.2, -0.15) is 0 Å². The number of thiophene rings is 1. The predicted molar refractivity (Wildman–Crippen MR) is 187 cm³/mol. The zero-order valence-electron chi connectivity index (χ0n) is 23.9. The van der Waals surface area contributed by atoms with Crippen LogP contribution in [0.2, 0.25) is 0 Å². The first-order chi connectivity index (χ1) is 22.3. The molecule has 4 heterocycles. The fraction of sp³-hybridized carbons (Fsp3) is 0. The molecule has 0 amide bonds. The van der Waals surface area contributed by atoms with Crippen molar-refractivity contribution in [2.45, 2.75) is 0 Å². The summed E-state index contributed by atoms with van der Waals surface area (Å²) in [6, 6.07) is 48.8. The number of fused-ring (bicyclic) bond motifs is 9. The fourth-order valence-electron chi connectivity index (χ4n) is 6.72. The van der Waals surface area contributed by atoms with Gasteiger partial charge in [0.15, 0.2) is 0 Å². The average Bonchev–Trinajstić information content (AvgIpc) is 3.75. The van der Waals surface area contributed by atoms with Crippen LogP contribution in [0.4, 0.5) is 0 Å². The fourth-order valence-corrected chi connectivity index (χ4v) is 7.85. The summed E-state index contributed by atoms with van der Waals surface area (Å²) in [5, 5.41) is 7.17. The van der Waals surface area contributed by atoms with Crippen molar-refractivity contribution in [1.29, 1.82) is 0 Å². The van der Waals surface area contributed by atoms with Gasteiger partial charge in [-0.05, 0) is 42.5 Å². The second-order valence-electron chi connectivity index (χ2n) is 11.4. The molecular weight excluding hydrogens is 571 g/mol. The Kier molecular flexibility index (Phi) is 5.12. The molecule has 45 heavy (non-hydrogen) atoms. The number of hydrogen-bond acceptors (Lipinski definition) is 4. The summed E-state index contributed by atoms with van der Waals surface area (Å²) in [5.74, 6) is 0.658. The van der Waals surface area contributed by atoms with Crippen LogP contribution in [-0.2, 0) is 0 Å². The molecule has 4 aromatic heterocycles. The molecule has 5 heteroatoms. The van der Waals surface area contributed by atoms with Gasteiger partial charge < -0.3 is 4.42 Å². The van der Waals surface area contributed by atoms with Gasteiger partial charge in [0.05, 0.1) is 22.4 Å². The van der Waals surface area contributed by atoms with Gasteiger partial charge in [0.2, 0.25) is 5.95 Å². The summed E-state index contributed by atoms with van der Waals surface area (Å²) in [6.07, 6.45) is 0. The zero-order valence-corrected chi connectivity index (χ0v) is 24.8. The van der Waals surface area contributed by atoms with Crippen LogP contribution in [-0.4, -0.2) is 14.5 Å². The Balaban J connectivity index is 1.28. The zero-order chi connectivity index (χ0) is 29.5. The topological polar surface area (TPSA) is 43.9 Å². The van der Waals surface area contributed by atoms with Crippen LogP contribution in [0.25, 0.3) is 92.4 Å². The number of hydrogen-bond donors (Lipinski definition) is 0. The second-order valence-corrected chi connectivity index (χ2v) is 12.5. The lowest BCUT2D eigenvalue weighted by atomic mass is 10.1. The number of para-hydroxylation sites is 2. The van der Waals surface area contributed by atoms with E-state index in [9.17, 15) is 0 Å². The molecule has 0 aliphatic heterocycles. The Labute approximate surface area is 261 Å². The summed E-state index contributed by atoms with van der Waals surface area (Å²) < 4.78 is 10.9. The molecule has 0 spiro atoms. The highest BCUT2D eigenvalue weighted by molar-refractivity contribution is 7.26. The summed E-state index contributed by atoms with van der Waals surface area (Å²) in [4.78, 5) is 10.4. The highest BCUT2D eigenvalue weighted by Crippen LogP contribution is 2.43. The molecule has 210 valence electrons. The molecule has 10 aromatic rings. The molecule has 0 saturated carbocycles. The van der Waals surface area contributed by atoms with Crippen molar-refractivity contribution in [3.8, 4) is 28.5 Å². The third-order valence-corrected chi connectivity index (χ3v) is 9.93. The maximum Gasteiger partial charge on any atom is 0.235 e. The Hall–Kier alpha value is -5.78. The summed E-state index contributed by atoms with van der Waals surface area (Å²) in [5.41, 5.74) is 7.93. The van der Waals surface area contributed by atoms with Gasteiger partial charge >= 0.3 is 0 Å². The Bertz CT molecular complexity index is 2700. The molecule has 0 unspecified atom stereocenters. The third-order valence-electron chi connectivity index (χ3n) is 8.82. The first-order valence-corrected chi connectivity index (χ1v) is 15.8. The molecule has 0 atom stereocenters. The van der Waals surface area contributed by atoms with E-state index in [-0.39, 0.29) is 0 Å². The molecule has 6 aromatic carbocycles. The van der Waals surface area contributed by atoms with E-state index in [4.69, 9.17) is 14.4 Å². The van der Waals surface area contributed by atoms with Crippen molar-refractivity contribution in [1.82, 2.24) is 14.5 Å². The van der Waals surface area contributed by atoms with Gasteiger partial charge in [-0.25, -0.2) is 9.97 Å². The maximum atomic E-state index is 6.23. The smallest absolute Gasteiger partial charge is 0.235 e. The maximum absolute atomic E-state index is 6.23. The molecular formula is C40H23N3OS. The van der Waals surface area contributed by atoms with Crippen molar-refractivity contribution in [2.75, 3.05) is 0 Å². The van der Waals surface area contributed by atoms with Crippen molar-refractivity contribution in [3.05, 3.63) is 140 Å². The standard InChI is InChI=1S/C40H23N3OS/c1-3-11-24(12-4-1)32-21-33(25-13-5-2-6-14-25)42-40(41-32)43-34-17-9-7-15-26(34)28-19-30-31-20-29-27-16-8-10-18-36(27)44-37(29)23-39(31)45-38(30)22-35(28)43/h1-23H. The first kappa shape index (κ1) is 24.6. The monoisotopic (exact) mass is 593 g/mol. The molecule has 0 bridgehead atoms. The van der Waals surface area contributed by atoms with Gasteiger partial charge in [0.1, 0.15) is 11.2 Å². The van der Waals surface area contributed by atoms with Crippen LogP contribution in [0, 0.1) is 0 Å². The van der Waals surface area contributed by atoms with Crippen LogP contribution in [0.5, 0.6) is 0 Å². The molecule has 0 fully saturated rings. The lowest BCUT2D eigenvalue weighted by molar-refractivity contribution is 0.669. The number of nitrogens with zero attached hydrogens (tertiary/aromatic N) is 3. The van der Waals surface area contributed by atoms with Crippen LogP contribution >= 0.6 is 11.3 Å². The predicted octanol–water partition coefficient (Wildman–Crippen LogP) is 11.2. The van der Waals surface area contributed by atoms with Crippen molar-refractivity contribution in [3.63, 3.8) is 0 Å². The van der Waals surface area contributed by atoms with Gasteiger partial charge in [-0.15, -0.1) is 11.3 Å². The molecule has 10 rings (SSSR count). The number of benzene rings is 6. The Morgan fingerprint density at radius 3 is 1.78 bits per heavy atom. The first-order valence-electron chi connectivity index (χ1n) is 15.0. The van der Waals surface area contributed by atoms with Gasteiger partial charge in [-0.3, -0.25) is 4.57 Å². The van der Waals surface area contributed by atoms with E-state index < -0.39 is 0 Å². The Morgan fingerprint density at radius 1 is 0.444 bits per heavy atom. The minimum Gasteiger partial charge on any atom is -0.456 e. The minimum atomic E-state index is 0.658. The van der Waals surface area contributed by atoms with E-state index in [1.807, 2.05) is 24.3 Å². The van der Waals surface area contributed by atoms with Gasteiger partial charge in [0.25, 0.3) is 0 Å². The van der Waals surface area contributed by atoms with Crippen molar-refractivity contribution >= 4 is 75.3 Å². The molecule has 0 aliphatic rings. The summed E-state index contributed by atoms with van der Waals surface area (Å²) in [7, 11) is 0. The summed E-state index contributed by atoms with van der Waals surface area (Å²) in [6.45, 7) is 0. The van der Waals surface area contributed by atoms with E-state index in [1.165, 1.54) is 30.9 Å².